The third kappa shape index (κ3) is 1.70. The molecule has 0 aromatic carbocycles. The Labute approximate surface area is 60.6 Å². The van der Waals surface area contributed by atoms with Gasteiger partial charge in [-0.2, -0.15) is 9.78 Å². The third-order valence-corrected chi connectivity index (χ3v) is 1.13. The van der Waals surface area contributed by atoms with Gasteiger partial charge in [-0.1, -0.05) is 0 Å². The number of halogens is 3. The van der Waals surface area contributed by atoms with Crippen LogP contribution in [0.4, 0.5) is 13.2 Å². The second-order valence-corrected chi connectivity index (χ2v) is 1.97. The molecule has 0 radical (unpaired) electrons. The van der Waals surface area contributed by atoms with Gasteiger partial charge in [0.25, 0.3) is 0 Å². The lowest BCUT2D eigenvalue weighted by Gasteiger charge is -2.03. The maximum absolute atomic E-state index is 11.8. The normalized spacial score (nSPS) is 12.0. The summed E-state index contributed by atoms with van der Waals surface area (Å²) in [5.74, 6) is 0. The zero-order chi connectivity index (χ0) is 8.48. The quantitative estimate of drug-likeness (QED) is 0.669. The molecule has 0 saturated heterocycles. The van der Waals surface area contributed by atoms with Gasteiger partial charge >= 0.3 is 6.30 Å². The van der Waals surface area contributed by atoms with Gasteiger partial charge in [-0.25, -0.2) is 0 Å². The lowest BCUT2D eigenvalue weighted by Crippen LogP contribution is -2.16. The first-order valence-corrected chi connectivity index (χ1v) is 2.85. The maximum Gasteiger partial charge on any atom is 0.504 e. The van der Waals surface area contributed by atoms with Gasteiger partial charge in [0.15, 0.2) is 0 Å². The van der Waals surface area contributed by atoms with Gasteiger partial charge in [-0.05, 0) is 0 Å². The minimum atomic E-state index is -4.44. The number of hydrogen-bond acceptors (Lipinski definition) is 2. The van der Waals surface area contributed by atoms with E-state index in [0.717, 1.165) is 12.4 Å². The molecule has 0 unspecified atom stereocenters. The van der Waals surface area contributed by atoms with E-state index in [4.69, 9.17) is 5.73 Å². The van der Waals surface area contributed by atoms with Crippen molar-refractivity contribution in [1.29, 1.82) is 0 Å². The van der Waals surface area contributed by atoms with Crippen LogP contribution in [0.1, 0.15) is 5.56 Å². The Morgan fingerprint density at radius 3 is 2.45 bits per heavy atom. The summed E-state index contributed by atoms with van der Waals surface area (Å²) in [6.45, 7) is 0.0656. The number of hydrogen-bond donors (Lipinski definition) is 1. The van der Waals surface area contributed by atoms with E-state index in [1.165, 1.54) is 0 Å². The third-order valence-electron chi connectivity index (χ3n) is 1.13. The van der Waals surface area contributed by atoms with Crippen molar-refractivity contribution in [2.75, 3.05) is 0 Å². The van der Waals surface area contributed by atoms with Crippen molar-refractivity contribution in [2.24, 2.45) is 5.73 Å². The van der Waals surface area contributed by atoms with Gasteiger partial charge in [-0.3, -0.25) is 0 Å². The van der Waals surface area contributed by atoms with Crippen LogP contribution < -0.4 is 5.73 Å². The molecule has 0 atom stereocenters. The molecule has 11 heavy (non-hydrogen) atoms. The molecule has 0 fully saturated rings. The molecule has 1 heterocycles. The highest BCUT2D eigenvalue weighted by Crippen LogP contribution is 2.20. The Bertz CT molecular complexity index is 239. The summed E-state index contributed by atoms with van der Waals surface area (Å²) >= 11 is 0. The van der Waals surface area contributed by atoms with Crippen molar-refractivity contribution in [2.45, 2.75) is 12.8 Å². The molecule has 1 aromatic heterocycles. The summed E-state index contributed by atoms with van der Waals surface area (Å²) in [5.41, 5.74) is 5.45. The van der Waals surface area contributed by atoms with E-state index in [0.29, 0.717) is 5.56 Å². The Morgan fingerprint density at radius 2 is 2.18 bits per heavy atom. The van der Waals surface area contributed by atoms with Crippen LogP contribution in [0.15, 0.2) is 12.4 Å². The van der Waals surface area contributed by atoms with Crippen LogP contribution in [0.3, 0.4) is 0 Å². The molecule has 0 saturated carbocycles. The molecule has 3 nitrogen and oxygen atoms in total. The fourth-order valence-corrected chi connectivity index (χ4v) is 0.604. The SMILES string of the molecule is NCc1cnn(C(F)(F)F)c1. The predicted molar refractivity (Wildman–Crippen MR) is 31.4 cm³/mol. The zero-order valence-electron chi connectivity index (χ0n) is 5.47. The fraction of sp³-hybridized carbons (Fsp3) is 0.400. The van der Waals surface area contributed by atoms with E-state index >= 15 is 0 Å². The average Bonchev–Trinajstić information content (AvgIpc) is 2.32. The van der Waals surface area contributed by atoms with Crippen molar-refractivity contribution in [3.05, 3.63) is 18.0 Å². The summed E-state index contributed by atoms with van der Waals surface area (Å²) in [6, 6.07) is 0. The van der Waals surface area contributed by atoms with Gasteiger partial charge < -0.3 is 5.73 Å². The first-order chi connectivity index (χ1) is 5.04. The summed E-state index contributed by atoms with van der Waals surface area (Å²) in [7, 11) is 0. The van der Waals surface area contributed by atoms with Crippen molar-refractivity contribution >= 4 is 0 Å². The van der Waals surface area contributed by atoms with Crippen molar-refractivity contribution in [1.82, 2.24) is 9.78 Å². The largest absolute Gasteiger partial charge is 0.504 e. The van der Waals surface area contributed by atoms with Gasteiger partial charge in [0.1, 0.15) is 0 Å². The Kier molecular flexibility index (Phi) is 1.86. The van der Waals surface area contributed by atoms with Crippen molar-refractivity contribution < 1.29 is 13.2 Å². The molecule has 2 N–H and O–H groups in total. The van der Waals surface area contributed by atoms with Gasteiger partial charge in [0.05, 0.1) is 6.20 Å². The Morgan fingerprint density at radius 1 is 1.55 bits per heavy atom. The van der Waals surface area contributed by atoms with Crippen LogP contribution >= 0.6 is 0 Å². The zero-order valence-corrected chi connectivity index (χ0v) is 5.47. The highest BCUT2D eigenvalue weighted by Gasteiger charge is 2.31. The van der Waals surface area contributed by atoms with E-state index in [2.05, 4.69) is 5.10 Å². The lowest BCUT2D eigenvalue weighted by atomic mass is 10.4. The molecule has 62 valence electrons. The van der Waals surface area contributed by atoms with Crippen LogP contribution in [0.2, 0.25) is 0 Å². The van der Waals surface area contributed by atoms with Crippen LogP contribution in [0.5, 0.6) is 0 Å². The van der Waals surface area contributed by atoms with E-state index in [9.17, 15) is 13.2 Å². The summed E-state index contributed by atoms with van der Waals surface area (Å²) in [6.07, 6.45) is -2.49. The number of nitrogens with two attached hydrogens (primary N) is 1. The Hall–Kier alpha value is -1.04. The molecule has 1 aromatic rings. The standard InChI is InChI=1S/C5H6F3N3/c6-5(7,8)11-3-4(1-9)2-10-11/h2-3H,1,9H2. The van der Waals surface area contributed by atoms with E-state index in [1.54, 1.807) is 0 Å². The second kappa shape index (κ2) is 2.54. The highest BCUT2D eigenvalue weighted by molar-refractivity contribution is 5.02. The summed E-state index contributed by atoms with van der Waals surface area (Å²) in [5, 5.41) is 3.07. The van der Waals surface area contributed by atoms with Crippen LogP contribution in [-0.4, -0.2) is 9.78 Å². The van der Waals surface area contributed by atoms with Gasteiger partial charge in [0, 0.05) is 18.3 Å². The molecule has 0 aliphatic carbocycles. The van der Waals surface area contributed by atoms with Crippen molar-refractivity contribution in [3.8, 4) is 0 Å². The first kappa shape index (κ1) is 8.06. The van der Waals surface area contributed by atoms with Crippen LogP contribution in [-0.2, 0) is 12.8 Å². The van der Waals surface area contributed by atoms with E-state index < -0.39 is 6.30 Å². The minimum absolute atomic E-state index is 0.0656. The van der Waals surface area contributed by atoms with Gasteiger partial charge in [-0.15, -0.1) is 13.2 Å². The van der Waals surface area contributed by atoms with Gasteiger partial charge in [0.2, 0.25) is 0 Å². The maximum atomic E-state index is 11.8. The van der Waals surface area contributed by atoms with Crippen molar-refractivity contribution in [3.63, 3.8) is 0 Å². The Balaban J connectivity index is 2.89. The lowest BCUT2D eigenvalue weighted by molar-refractivity contribution is -0.212. The number of rotatable bonds is 1. The minimum Gasteiger partial charge on any atom is -0.326 e. The number of aromatic nitrogens is 2. The molecule has 0 amide bonds. The summed E-state index contributed by atoms with van der Waals surface area (Å²) in [4.78, 5) is 0. The molecule has 0 bridgehead atoms. The molecular formula is C5H6F3N3. The molecule has 6 heteroatoms. The second-order valence-electron chi connectivity index (χ2n) is 1.97. The molecule has 0 aliphatic heterocycles. The fourth-order valence-electron chi connectivity index (χ4n) is 0.604. The predicted octanol–water partition coefficient (Wildman–Crippen LogP) is 0.818. The van der Waals surface area contributed by atoms with E-state index in [-0.39, 0.29) is 11.2 Å². The van der Waals surface area contributed by atoms with Crippen LogP contribution in [0, 0.1) is 0 Å². The monoisotopic (exact) mass is 165 g/mol. The first-order valence-electron chi connectivity index (χ1n) is 2.85. The molecular weight excluding hydrogens is 159 g/mol. The topological polar surface area (TPSA) is 43.8 Å². The van der Waals surface area contributed by atoms with E-state index in [1.807, 2.05) is 0 Å². The molecule has 1 rings (SSSR count). The number of nitrogens with zero attached hydrogens (tertiary/aromatic N) is 2. The molecule has 0 aliphatic rings. The smallest absolute Gasteiger partial charge is 0.326 e. The average molecular weight is 165 g/mol. The van der Waals surface area contributed by atoms with Crippen LogP contribution in [0.25, 0.3) is 0 Å². The highest BCUT2D eigenvalue weighted by atomic mass is 19.4. The molecule has 0 spiro atoms. The number of alkyl halides is 3. The summed E-state index contributed by atoms with van der Waals surface area (Å²) < 4.78 is 35.3.